The molecule has 0 spiro atoms. The number of hydrogen-bond acceptors (Lipinski definition) is 5. The lowest BCUT2D eigenvalue weighted by atomic mass is 10.1. The zero-order chi connectivity index (χ0) is 19.8. The molecule has 3 rings (SSSR count). The van der Waals surface area contributed by atoms with Crippen LogP contribution in [0, 0.1) is 6.92 Å². The molecule has 0 aliphatic heterocycles. The molecule has 0 fully saturated rings. The number of hydrogen-bond donors (Lipinski definition) is 1. The number of oxazole rings is 1. The van der Waals surface area contributed by atoms with Gasteiger partial charge in [0.25, 0.3) is 0 Å². The van der Waals surface area contributed by atoms with Crippen LogP contribution < -0.4 is 4.74 Å². The van der Waals surface area contributed by atoms with Gasteiger partial charge < -0.3 is 14.3 Å². The maximum Gasteiger partial charge on any atom is 0.226 e. The molecule has 1 heterocycles. The van der Waals surface area contributed by atoms with Crippen molar-refractivity contribution in [2.24, 2.45) is 5.11 Å². The van der Waals surface area contributed by atoms with Crippen LogP contribution in [-0.4, -0.2) is 29.3 Å². The van der Waals surface area contributed by atoms with E-state index in [1.54, 1.807) is 0 Å². The second-order valence-corrected chi connectivity index (χ2v) is 6.40. The van der Waals surface area contributed by atoms with E-state index in [4.69, 9.17) is 14.7 Å². The fourth-order valence-corrected chi connectivity index (χ4v) is 2.82. The molecule has 1 aromatic heterocycles. The molecule has 3 aromatic rings. The average molecular weight is 378 g/mol. The molecule has 0 amide bonds. The summed E-state index contributed by atoms with van der Waals surface area (Å²) in [7, 11) is 0. The van der Waals surface area contributed by atoms with Gasteiger partial charge in [-0.2, -0.15) is 0 Å². The van der Waals surface area contributed by atoms with E-state index >= 15 is 0 Å². The van der Waals surface area contributed by atoms with Gasteiger partial charge in [0.05, 0.1) is 24.9 Å². The summed E-state index contributed by atoms with van der Waals surface area (Å²) in [5.41, 5.74) is 11.1. The third-order valence-corrected chi connectivity index (χ3v) is 4.27. The number of aliphatic hydroxyl groups is 1. The zero-order valence-corrected chi connectivity index (χ0v) is 15.7. The summed E-state index contributed by atoms with van der Waals surface area (Å²) in [4.78, 5) is 7.22. The molecular weight excluding hydrogens is 356 g/mol. The summed E-state index contributed by atoms with van der Waals surface area (Å²) < 4.78 is 11.6. The molecule has 2 aromatic carbocycles. The summed E-state index contributed by atoms with van der Waals surface area (Å²) in [5, 5.41) is 13.1. The van der Waals surface area contributed by atoms with Crippen LogP contribution in [0.25, 0.3) is 21.9 Å². The van der Waals surface area contributed by atoms with Crippen LogP contribution in [0.1, 0.15) is 17.0 Å². The van der Waals surface area contributed by atoms with Gasteiger partial charge in [-0.05, 0) is 48.7 Å². The Morgan fingerprint density at radius 1 is 1.18 bits per heavy atom. The molecule has 1 atom stereocenters. The van der Waals surface area contributed by atoms with Crippen LogP contribution in [0.2, 0.25) is 0 Å². The zero-order valence-electron chi connectivity index (χ0n) is 15.7. The lowest BCUT2D eigenvalue weighted by Crippen LogP contribution is -2.13. The third-order valence-electron chi connectivity index (χ3n) is 4.27. The minimum atomic E-state index is -0.684. The van der Waals surface area contributed by atoms with Crippen molar-refractivity contribution in [2.75, 3.05) is 13.2 Å². The Morgan fingerprint density at radius 3 is 2.64 bits per heavy atom. The Kier molecular flexibility index (Phi) is 6.68. The van der Waals surface area contributed by atoms with E-state index in [2.05, 4.69) is 15.0 Å². The molecule has 0 bridgehead atoms. The fourth-order valence-electron chi connectivity index (χ4n) is 2.82. The van der Waals surface area contributed by atoms with Crippen LogP contribution in [-0.2, 0) is 12.8 Å². The van der Waals surface area contributed by atoms with Crippen molar-refractivity contribution in [2.45, 2.75) is 25.9 Å². The van der Waals surface area contributed by atoms with Gasteiger partial charge in [0.1, 0.15) is 11.5 Å². The highest BCUT2D eigenvalue weighted by molar-refractivity contribution is 5.53. The molecule has 1 N–H and O–H groups in total. The Labute approximate surface area is 163 Å². The van der Waals surface area contributed by atoms with E-state index in [9.17, 15) is 5.11 Å². The van der Waals surface area contributed by atoms with Crippen LogP contribution in [0.15, 0.2) is 64.1 Å². The predicted molar refractivity (Wildman–Crippen MR) is 106 cm³/mol. The first-order valence-electron chi connectivity index (χ1n) is 9.08. The summed E-state index contributed by atoms with van der Waals surface area (Å²) in [5.74, 6) is 2.17. The molecule has 0 saturated carbocycles. The number of aliphatic hydroxyl groups excluding tert-OH is 1. The van der Waals surface area contributed by atoms with Crippen molar-refractivity contribution in [1.82, 2.24) is 4.98 Å². The lowest BCUT2D eigenvalue weighted by molar-refractivity contribution is 0.183. The first kappa shape index (κ1) is 19.5. The first-order chi connectivity index (χ1) is 13.7. The molecule has 144 valence electrons. The van der Waals surface area contributed by atoms with Gasteiger partial charge in [0.2, 0.25) is 5.89 Å². The number of azide groups is 1. The molecule has 0 aliphatic carbocycles. The molecule has 7 heteroatoms. The highest BCUT2D eigenvalue weighted by atomic mass is 16.5. The standard InChI is InChI=1S/C21H22N4O3/c1-15-20(24-21(28-15)17-5-3-2-4-6-17)11-12-27-19-9-7-16(8-10-19)13-18(26)14-23-25-22/h2-10,18,26H,11-14H2,1H3/t18-/m0/s1. The maximum atomic E-state index is 9.77. The van der Waals surface area contributed by atoms with Gasteiger partial charge in [0.15, 0.2) is 0 Å². The third kappa shape index (κ3) is 5.36. The van der Waals surface area contributed by atoms with E-state index in [1.807, 2.05) is 61.5 Å². The summed E-state index contributed by atoms with van der Waals surface area (Å²) in [6, 6.07) is 17.3. The molecule has 0 aliphatic rings. The smallest absolute Gasteiger partial charge is 0.226 e. The molecule has 0 radical (unpaired) electrons. The van der Waals surface area contributed by atoms with Crippen molar-refractivity contribution >= 4 is 0 Å². The number of aromatic nitrogens is 1. The normalized spacial score (nSPS) is 11.6. The van der Waals surface area contributed by atoms with Gasteiger partial charge in [-0.25, -0.2) is 4.98 Å². The van der Waals surface area contributed by atoms with Crippen LogP contribution >= 0.6 is 0 Å². The van der Waals surface area contributed by atoms with Gasteiger partial charge in [-0.1, -0.05) is 35.4 Å². The number of benzene rings is 2. The summed E-state index contributed by atoms with van der Waals surface area (Å²) >= 11 is 0. The monoisotopic (exact) mass is 378 g/mol. The number of aryl methyl sites for hydroxylation is 1. The minimum absolute atomic E-state index is 0.0662. The number of ether oxygens (including phenoxy) is 1. The number of nitrogens with zero attached hydrogens (tertiary/aromatic N) is 4. The van der Waals surface area contributed by atoms with E-state index in [0.717, 1.165) is 28.3 Å². The van der Waals surface area contributed by atoms with E-state index < -0.39 is 6.10 Å². The van der Waals surface area contributed by atoms with Crippen LogP contribution in [0.5, 0.6) is 5.75 Å². The van der Waals surface area contributed by atoms with Crippen molar-refractivity contribution in [3.05, 3.63) is 82.1 Å². The maximum absolute atomic E-state index is 9.77. The van der Waals surface area contributed by atoms with Crippen LogP contribution in [0.4, 0.5) is 0 Å². The van der Waals surface area contributed by atoms with Gasteiger partial charge in [0, 0.05) is 16.9 Å². The van der Waals surface area contributed by atoms with Gasteiger partial charge in [-0.15, -0.1) is 0 Å². The molecule has 7 nitrogen and oxygen atoms in total. The molecule has 28 heavy (non-hydrogen) atoms. The molecular formula is C21H22N4O3. The predicted octanol–water partition coefficient (Wildman–Crippen LogP) is 4.49. The minimum Gasteiger partial charge on any atom is -0.493 e. The molecule has 0 unspecified atom stereocenters. The lowest BCUT2D eigenvalue weighted by Gasteiger charge is -2.09. The average Bonchev–Trinajstić information content (AvgIpc) is 3.09. The van der Waals surface area contributed by atoms with Crippen LogP contribution in [0.3, 0.4) is 0 Å². The highest BCUT2D eigenvalue weighted by Crippen LogP contribution is 2.22. The Balaban J connectivity index is 1.51. The summed E-state index contributed by atoms with van der Waals surface area (Å²) in [6.07, 6.45) is 0.394. The Morgan fingerprint density at radius 2 is 1.93 bits per heavy atom. The topological polar surface area (TPSA) is 104 Å². The number of rotatable bonds is 9. The van der Waals surface area contributed by atoms with Crippen molar-refractivity contribution in [3.63, 3.8) is 0 Å². The Bertz CT molecular complexity index is 932. The van der Waals surface area contributed by atoms with Crippen molar-refractivity contribution in [1.29, 1.82) is 0 Å². The van der Waals surface area contributed by atoms with Crippen molar-refractivity contribution < 1.29 is 14.3 Å². The van der Waals surface area contributed by atoms with E-state index in [-0.39, 0.29) is 6.54 Å². The Hall–Kier alpha value is -3.28. The second kappa shape index (κ2) is 9.60. The SMILES string of the molecule is Cc1oc(-c2ccccc2)nc1CCOc1ccc(C[C@H](O)CN=[N+]=[N-])cc1. The van der Waals surface area contributed by atoms with Gasteiger partial charge in [-0.3, -0.25) is 0 Å². The second-order valence-electron chi connectivity index (χ2n) is 6.40. The quantitative estimate of drug-likeness (QED) is 0.336. The van der Waals surface area contributed by atoms with E-state index in [1.165, 1.54) is 0 Å². The highest BCUT2D eigenvalue weighted by Gasteiger charge is 2.11. The van der Waals surface area contributed by atoms with E-state index in [0.29, 0.717) is 25.3 Å². The largest absolute Gasteiger partial charge is 0.493 e. The fraction of sp³-hybridized carbons (Fsp3) is 0.286. The van der Waals surface area contributed by atoms with Gasteiger partial charge >= 0.3 is 0 Å². The summed E-state index contributed by atoms with van der Waals surface area (Å²) in [6.45, 7) is 2.46. The molecule has 0 saturated heterocycles. The first-order valence-corrected chi connectivity index (χ1v) is 9.08. The van der Waals surface area contributed by atoms with Crippen molar-refractivity contribution in [3.8, 4) is 17.2 Å².